The van der Waals surface area contributed by atoms with Gasteiger partial charge in [0, 0.05) is 26.2 Å². The Morgan fingerprint density at radius 2 is 1.15 bits per heavy atom. The van der Waals surface area contributed by atoms with Crippen molar-refractivity contribution in [3.63, 3.8) is 0 Å². The van der Waals surface area contributed by atoms with Gasteiger partial charge in [0.05, 0.1) is 58.5 Å². The zero-order chi connectivity index (χ0) is 26.7. The average molecular weight is 524 g/mol. The molecular formula is C21H51N2O10S+. The second-order valence-electron chi connectivity index (χ2n) is 7.53. The van der Waals surface area contributed by atoms with E-state index in [1.165, 1.54) is 0 Å². The standard InChI is InChI=1S/C10H24NO3.C6H15NO3.C3H6O3S.C2H6O/c1-2-3-4-11(5-8-12,6-9-13)7-10-14;8-4-1-7(2-5-9)3-6-10;4-7(5)3-1-2-6-7;1-2-3/h12-14H,2-10H2,1H3;8-10H,1-6H2;1-3H2;3H,2H2,1H3/q+1;;;. The quantitative estimate of drug-likeness (QED) is 0.0894. The Kier molecular flexibility index (Phi) is 30.4. The van der Waals surface area contributed by atoms with Gasteiger partial charge in [-0.1, -0.05) is 13.3 Å². The molecule has 0 radical (unpaired) electrons. The van der Waals surface area contributed by atoms with Gasteiger partial charge in [-0.15, -0.1) is 0 Å². The molecule has 210 valence electrons. The van der Waals surface area contributed by atoms with Gasteiger partial charge in [0.2, 0.25) is 0 Å². The molecule has 34 heavy (non-hydrogen) atoms. The van der Waals surface area contributed by atoms with Crippen LogP contribution in [-0.2, 0) is 14.3 Å². The van der Waals surface area contributed by atoms with Crippen LogP contribution in [0.25, 0.3) is 0 Å². The van der Waals surface area contributed by atoms with Crippen LogP contribution in [0.2, 0.25) is 0 Å². The van der Waals surface area contributed by atoms with Crippen LogP contribution in [0.1, 0.15) is 33.1 Å². The van der Waals surface area contributed by atoms with Crippen molar-refractivity contribution in [1.82, 2.24) is 4.90 Å². The minimum absolute atomic E-state index is 0.0694. The molecule has 1 saturated heterocycles. The van der Waals surface area contributed by atoms with Crippen LogP contribution in [0.5, 0.6) is 0 Å². The van der Waals surface area contributed by atoms with E-state index >= 15 is 0 Å². The summed E-state index contributed by atoms with van der Waals surface area (Å²) in [7, 11) is -3.05. The van der Waals surface area contributed by atoms with Gasteiger partial charge < -0.3 is 40.2 Å². The van der Waals surface area contributed by atoms with E-state index in [9.17, 15) is 8.42 Å². The Bertz CT molecular complexity index is 455. The third-order valence-corrected chi connectivity index (χ3v) is 6.07. The molecule has 1 fully saturated rings. The lowest BCUT2D eigenvalue weighted by atomic mass is 10.2. The fraction of sp³-hybridized carbons (Fsp3) is 1.00. The molecule has 0 aromatic carbocycles. The van der Waals surface area contributed by atoms with Gasteiger partial charge in [-0.25, -0.2) is 0 Å². The SMILES string of the molecule is CCCC[N+](CCO)(CCO)CCO.CCO.O=S1(=O)CCCO1.OCCN(CCO)CCO. The van der Waals surface area contributed by atoms with Gasteiger partial charge in [0.1, 0.15) is 19.6 Å². The minimum Gasteiger partial charge on any atom is -0.397 e. The summed E-state index contributed by atoms with van der Waals surface area (Å²) in [6.07, 6.45) is 2.82. The first-order valence-electron chi connectivity index (χ1n) is 11.9. The van der Waals surface area contributed by atoms with E-state index in [0.29, 0.717) is 56.8 Å². The minimum atomic E-state index is -3.05. The molecule has 1 aliphatic rings. The molecule has 0 spiro atoms. The van der Waals surface area contributed by atoms with Crippen LogP contribution in [0.3, 0.4) is 0 Å². The van der Waals surface area contributed by atoms with E-state index in [0.717, 1.165) is 19.4 Å². The van der Waals surface area contributed by atoms with E-state index in [-0.39, 0.29) is 52.0 Å². The van der Waals surface area contributed by atoms with Gasteiger partial charge in [-0.2, -0.15) is 8.42 Å². The zero-order valence-electron chi connectivity index (χ0n) is 21.1. The Morgan fingerprint density at radius 3 is 1.35 bits per heavy atom. The van der Waals surface area contributed by atoms with E-state index in [1.54, 1.807) is 11.8 Å². The first-order valence-corrected chi connectivity index (χ1v) is 13.5. The highest BCUT2D eigenvalue weighted by Gasteiger charge is 2.24. The van der Waals surface area contributed by atoms with Crippen molar-refractivity contribution in [2.45, 2.75) is 33.1 Å². The Hall–Kier alpha value is -0.450. The van der Waals surface area contributed by atoms with Crippen LogP contribution in [0, 0.1) is 0 Å². The van der Waals surface area contributed by atoms with Crippen molar-refractivity contribution in [3.8, 4) is 0 Å². The summed E-state index contributed by atoms with van der Waals surface area (Å²) < 4.78 is 25.4. The molecule has 0 bridgehead atoms. The molecule has 1 aliphatic heterocycles. The number of hydrogen-bond acceptors (Lipinski definition) is 11. The highest BCUT2D eigenvalue weighted by molar-refractivity contribution is 7.86. The highest BCUT2D eigenvalue weighted by atomic mass is 32.2. The van der Waals surface area contributed by atoms with Gasteiger partial charge in [-0.05, 0) is 19.8 Å². The van der Waals surface area contributed by atoms with Gasteiger partial charge in [0.15, 0.2) is 0 Å². The van der Waals surface area contributed by atoms with Crippen molar-refractivity contribution < 1.29 is 52.8 Å². The number of aliphatic hydroxyl groups excluding tert-OH is 7. The molecule has 1 heterocycles. The fourth-order valence-electron chi connectivity index (χ4n) is 3.04. The largest absolute Gasteiger partial charge is 0.397 e. The van der Waals surface area contributed by atoms with Crippen LogP contribution in [-0.4, -0.2) is 158 Å². The van der Waals surface area contributed by atoms with Gasteiger partial charge >= 0.3 is 0 Å². The second-order valence-corrected chi connectivity index (χ2v) is 9.29. The number of quaternary nitrogens is 1. The monoisotopic (exact) mass is 523 g/mol. The lowest BCUT2D eigenvalue weighted by Gasteiger charge is -2.37. The normalized spacial score (nSPS) is 14.4. The summed E-state index contributed by atoms with van der Waals surface area (Å²) >= 11 is 0. The van der Waals surface area contributed by atoms with Crippen molar-refractivity contribution in [2.24, 2.45) is 0 Å². The molecule has 7 N–H and O–H groups in total. The summed E-state index contributed by atoms with van der Waals surface area (Å²) in [4.78, 5) is 1.79. The molecule has 0 saturated carbocycles. The summed E-state index contributed by atoms with van der Waals surface area (Å²) in [6, 6.07) is 0. The van der Waals surface area contributed by atoms with Crippen molar-refractivity contribution >= 4 is 10.1 Å². The number of rotatable bonds is 15. The van der Waals surface area contributed by atoms with Crippen LogP contribution in [0.15, 0.2) is 0 Å². The maximum absolute atomic E-state index is 10.2. The van der Waals surface area contributed by atoms with Crippen LogP contribution in [0.4, 0.5) is 0 Å². The third-order valence-electron chi connectivity index (χ3n) is 4.76. The van der Waals surface area contributed by atoms with Crippen LogP contribution >= 0.6 is 0 Å². The van der Waals surface area contributed by atoms with Crippen LogP contribution < -0.4 is 0 Å². The van der Waals surface area contributed by atoms with Crippen molar-refractivity contribution in [2.75, 3.05) is 104 Å². The zero-order valence-corrected chi connectivity index (χ0v) is 21.9. The molecule has 13 heteroatoms. The van der Waals surface area contributed by atoms with Crippen molar-refractivity contribution in [1.29, 1.82) is 0 Å². The summed E-state index contributed by atoms with van der Waals surface area (Å²) in [6.45, 7) is 9.33. The molecular weight excluding hydrogens is 472 g/mol. The number of nitrogens with zero attached hydrogens (tertiary/aromatic N) is 2. The van der Waals surface area contributed by atoms with E-state index in [4.69, 9.17) is 35.7 Å². The van der Waals surface area contributed by atoms with E-state index in [1.807, 2.05) is 0 Å². The molecule has 0 aromatic heterocycles. The topological polar surface area (TPSA) is 188 Å². The molecule has 0 atom stereocenters. The molecule has 0 aromatic rings. The average Bonchev–Trinajstić information content (AvgIpc) is 3.19. The maximum atomic E-state index is 10.2. The predicted octanol–water partition coefficient (Wildman–Crippen LogP) is -2.42. The van der Waals surface area contributed by atoms with Crippen molar-refractivity contribution in [3.05, 3.63) is 0 Å². The first-order chi connectivity index (χ1) is 16.2. The lowest BCUT2D eigenvalue weighted by Crippen LogP contribution is -2.53. The highest BCUT2D eigenvalue weighted by Crippen LogP contribution is 2.08. The second kappa shape index (κ2) is 27.1. The number of aliphatic hydroxyl groups is 7. The Morgan fingerprint density at radius 1 is 0.735 bits per heavy atom. The van der Waals surface area contributed by atoms with Gasteiger partial charge in [-0.3, -0.25) is 9.08 Å². The smallest absolute Gasteiger partial charge is 0.267 e. The summed E-state index contributed by atoms with van der Waals surface area (Å²) in [5.41, 5.74) is 0. The molecule has 0 aliphatic carbocycles. The summed E-state index contributed by atoms with van der Waals surface area (Å²) in [5, 5.41) is 60.0. The molecule has 12 nitrogen and oxygen atoms in total. The fourth-order valence-corrected chi connectivity index (χ4v) is 4.00. The molecule has 0 amide bonds. The Labute approximate surface area is 205 Å². The van der Waals surface area contributed by atoms with E-state index in [2.05, 4.69) is 11.1 Å². The number of unbranched alkanes of at least 4 members (excludes halogenated alkanes) is 1. The number of hydrogen-bond donors (Lipinski definition) is 7. The first kappa shape index (κ1) is 38.1. The maximum Gasteiger partial charge on any atom is 0.267 e. The lowest BCUT2D eigenvalue weighted by molar-refractivity contribution is -0.929. The van der Waals surface area contributed by atoms with E-state index < -0.39 is 10.1 Å². The predicted molar refractivity (Wildman–Crippen MR) is 131 cm³/mol. The molecule has 0 unspecified atom stereocenters. The third kappa shape index (κ3) is 24.7. The summed E-state index contributed by atoms with van der Waals surface area (Å²) in [5.74, 6) is 0.201. The Balaban J connectivity index is -0.000000418. The molecule has 1 rings (SSSR count). The van der Waals surface area contributed by atoms with Gasteiger partial charge in [0.25, 0.3) is 10.1 Å².